The van der Waals surface area contributed by atoms with Crippen molar-refractivity contribution < 1.29 is 15.3 Å². The molecule has 0 radical (unpaired) electrons. The molecule has 1 aliphatic carbocycles. The maximum Gasteiger partial charge on any atom is 0.327 e. The average molecular weight is 347 g/mol. The molecule has 1 aliphatic heterocycles. The van der Waals surface area contributed by atoms with Crippen molar-refractivity contribution in [1.29, 1.82) is 0 Å². The first-order valence-corrected chi connectivity index (χ1v) is 7.66. The quantitative estimate of drug-likeness (QED) is 0.358. The molecule has 1 unspecified atom stereocenters. The van der Waals surface area contributed by atoms with Crippen LogP contribution in [0.3, 0.4) is 0 Å². The van der Waals surface area contributed by atoms with Crippen LogP contribution in [0.1, 0.15) is 6.42 Å². The van der Waals surface area contributed by atoms with Crippen molar-refractivity contribution in [3.05, 3.63) is 55.3 Å². The van der Waals surface area contributed by atoms with Crippen LogP contribution in [0.2, 0.25) is 0 Å². The van der Waals surface area contributed by atoms with Gasteiger partial charge in [-0.3, -0.25) is 19.6 Å². The van der Waals surface area contributed by atoms with Crippen LogP contribution in [0, 0.1) is 0 Å². The number of aromatic amines is 2. The zero-order chi connectivity index (χ0) is 18.1. The van der Waals surface area contributed by atoms with E-state index < -0.39 is 30.1 Å². The fourth-order valence-electron chi connectivity index (χ4n) is 2.85. The molecule has 9 nitrogen and oxygen atoms in total. The zero-order valence-corrected chi connectivity index (χ0v) is 13.1. The molecule has 0 saturated carbocycles. The Bertz CT molecular complexity index is 1050. The highest BCUT2D eigenvalue weighted by molar-refractivity contribution is 5.82. The van der Waals surface area contributed by atoms with Gasteiger partial charge in [-0.15, -0.1) is 0 Å². The molecule has 0 spiro atoms. The maximum absolute atomic E-state index is 12.1. The minimum absolute atomic E-state index is 0.0895. The number of aromatic nitrogens is 3. The van der Waals surface area contributed by atoms with E-state index in [1.54, 1.807) is 12.1 Å². The van der Waals surface area contributed by atoms with E-state index in [1.165, 1.54) is 16.7 Å². The number of pyridine rings is 1. The predicted molar refractivity (Wildman–Crippen MR) is 89.8 cm³/mol. The molecule has 0 aromatic carbocycles. The molecule has 9 heteroatoms. The number of H-pyrrole nitrogens is 2. The van der Waals surface area contributed by atoms with Gasteiger partial charge in [-0.2, -0.15) is 0 Å². The third-order valence-corrected chi connectivity index (χ3v) is 3.97. The first-order chi connectivity index (χ1) is 11.9. The fraction of sp³-hybridized carbons (Fsp3) is 0.312. The Labute approximate surface area is 140 Å². The summed E-state index contributed by atoms with van der Waals surface area (Å²) < 4.78 is 1.46. The van der Waals surface area contributed by atoms with E-state index in [1.807, 2.05) is 0 Å². The molecule has 3 rings (SSSR count). The fourth-order valence-corrected chi connectivity index (χ4v) is 2.85. The van der Waals surface area contributed by atoms with Gasteiger partial charge < -0.3 is 19.9 Å². The van der Waals surface area contributed by atoms with E-state index in [2.05, 4.69) is 9.97 Å². The van der Waals surface area contributed by atoms with E-state index in [0.717, 1.165) is 0 Å². The summed E-state index contributed by atoms with van der Waals surface area (Å²) in [7, 11) is 0. The molecule has 2 heterocycles. The minimum Gasteiger partial charge on any atom is -0.394 e. The smallest absolute Gasteiger partial charge is 0.327 e. The number of fused-ring (bicyclic) bond motifs is 2. The summed E-state index contributed by atoms with van der Waals surface area (Å²) in [6.45, 7) is -0.590. The van der Waals surface area contributed by atoms with E-state index in [-0.39, 0.29) is 29.4 Å². The van der Waals surface area contributed by atoms with Crippen molar-refractivity contribution in [2.75, 3.05) is 6.61 Å². The van der Waals surface area contributed by atoms with Crippen molar-refractivity contribution in [1.82, 2.24) is 14.5 Å². The molecule has 5 N–H and O–H groups in total. The van der Waals surface area contributed by atoms with Gasteiger partial charge in [-0.1, -0.05) is 0 Å². The largest absolute Gasteiger partial charge is 0.394 e. The van der Waals surface area contributed by atoms with Crippen LogP contribution in [0.15, 0.2) is 38.6 Å². The van der Waals surface area contributed by atoms with E-state index >= 15 is 0 Å². The molecule has 0 saturated heterocycles. The third-order valence-electron chi connectivity index (χ3n) is 3.97. The van der Waals surface area contributed by atoms with Crippen molar-refractivity contribution in [2.45, 2.75) is 25.2 Å². The Balaban J connectivity index is 2.25. The number of nitrogens with zero attached hydrogens (tertiary/aromatic N) is 1. The molecule has 2 atom stereocenters. The Morgan fingerprint density at radius 2 is 1.80 bits per heavy atom. The van der Waals surface area contributed by atoms with Crippen LogP contribution in [0.5, 0.6) is 0 Å². The molecular weight excluding hydrogens is 330 g/mol. The van der Waals surface area contributed by atoms with E-state index in [9.17, 15) is 24.6 Å². The molecule has 2 aliphatic rings. The third kappa shape index (κ3) is 3.38. The van der Waals surface area contributed by atoms with Gasteiger partial charge in [0.25, 0.3) is 5.56 Å². The first kappa shape index (κ1) is 17.1. The number of nitrogens with one attached hydrogen (secondary N) is 2. The van der Waals surface area contributed by atoms with E-state index in [0.29, 0.717) is 11.3 Å². The van der Waals surface area contributed by atoms with Gasteiger partial charge in [0.15, 0.2) is 5.43 Å². The predicted octanol–water partition coefficient (Wildman–Crippen LogP) is -1.41. The Kier molecular flexibility index (Phi) is 4.53. The SMILES string of the molecule is O=c1ccc2cc3c(=O)[nH]c(=O)[nH]c3n(CC(O)C[C@@H](O)CO)c-2c1. The van der Waals surface area contributed by atoms with E-state index in [4.69, 9.17) is 5.11 Å². The van der Waals surface area contributed by atoms with Gasteiger partial charge in [-0.25, -0.2) is 4.79 Å². The Morgan fingerprint density at radius 1 is 1.04 bits per heavy atom. The lowest BCUT2D eigenvalue weighted by Gasteiger charge is -2.21. The second-order valence-corrected chi connectivity index (χ2v) is 5.87. The van der Waals surface area contributed by atoms with Gasteiger partial charge in [0, 0.05) is 12.5 Å². The van der Waals surface area contributed by atoms with Crippen LogP contribution in [-0.4, -0.2) is 48.7 Å². The Morgan fingerprint density at radius 3 is 2.52 bits per heavy atom. The summed E-state index contributed by atoms with van der Waals surface area (Å²) in [5.74, 6) is 0. The maximum atomic E-state index is 12.1. The lowest BCUT2D eigenvalue weighted by Crippen LogP contribution is -2.29. The molecule has 1 aromatic heterocycles. The van der Waals surface area contributed by atoms with Crippen LogP contribution < -0.4 is 16.7 Å². The second kappa shape index (κ2) is 6.63. The van der Waals surface area contributed by atoms with Gasteiger partial charge in [-0.05, 0) is 23.8 Å². The summed E-state index contributed by atoms with van der Waals surface area (Å²) in [4.78, 5) is 40.1. The number of rotatable bonds is 5. The summed E-state index contributed by atoms with van der Waals surface area (Å²) in [6.07, 6.45) is -2.28. The molecule has 1 aromatic rings. The number of aliphatic hydroxyl groups is 3. The molecule has 0 bridgehead atoms. The molecule has 0 fully saturated rings. The van der Waals surface area contributed by atoms with Gasteiger partial charge >= 0.3 is 5.69 Å². The monoisotopic (exact) mass is 347 g/mol. The summed E-state index contributed by atoms with van der Waals surface area (Å²) in [5, 5.41) is 28.8. The average Bonchev–Trinajstić information content (AvgIpc) is 2.55. The van der Waals surface area contributed by atoms with Crippen LogP contribution >= 0.6 is 0 Å². The minimum atomic E-state index is -1.10. The summed E-state index contributed by atoms with van der Waals surface area (Å²) in [6, 6.07) is 5.78. The van der Waals surface area contributed by atoms with Crippen molar-refractivity contribution in [2.24, 2.45) is 0 Å². The van der Waals surface area contributed by atoms with Gasteiger partial charge in [0.2, 0.25) is 0 Å². The lowest BCUT2D eigenvalue weighted by molar-refractivity contribution is 0.0362. The topological polar surface area (TPSA) is 148 Å². The molecule has 132 valence electrons. The Hall–Kier alpha value is -2.75. The molecule has 0 amide bonds. The van der Waals surface area contributed by atoms with Crippen molar-refractivity contribution in [3.8, 4) is 11.3 Å². The normalized spacial score (nSPS) is 14.0. The molecule has 25 heavy (non-hydrogen) atoms. The van der Waals surface area contributed by atoms with Gasteiger partial charge in [0.1, 0.15) is 5.65 Å². The first-order valence-electron chi connectivity index (χ1n) is 7.66. The van der Waals surface area contributed by atoms with Crippen LogP contribution in [-0.2, 0) is 6.54 Å². The van der Waals surface area contributed by atoms with Crippen molar-refractivity contribution >= 4 is 11.0 Å². The zero-order valence-electron chi connectivity index (χ0n) is 13.1. The number of hydrogen-bond donors (Lipinski definition) is 5. The van der Waals surface area contributed by atoms with Crippen molar-refractivity contribution in [3.63, 3.8) is 0 Å². The number of aliphatic hydroxyl groups excluding tert-OH is 3. The number of hydrogen-bond acceptors (Lipinski definition) is 6. The number of benzene rings is 1. The molecular formula is C16H17N3O6. The highest BCUT2D eigenvalue weighted by atomic mass is 16.3. The highest BCUT2D eigenvalue weighted by Gasteiger charge is 2.18. The van der Waals surface area contributed by atoms with Crippen LogP contribution in [0.4, 0.5) is 0 Å². The highest BCUT2D eigenvalue weighted by Crippen LogP contribution is 2.25. The summed E-state index contributed by atoms with van der Waals surface area (Å²) in [5.41, 5.74) is -0.403. The summed E-state index contributed by atoms with van der Waals surface area (Å²) >= 11 is 0. The second-order valence-electron chi connectivity index (χ2n) is 5.87. The lowest BCUT2D eigenvalue weighted by atomic mass is 10.1. The van der Waals surface area contributed by atoms with Gasteiger partial charge in [0.05, 0.1) is 36.4 Å². The van der Waals surface area contributed by atoms with Crippen LogP contribution in [0.25, 0.3) is 22.3 Å². The standard InChI is InChI=1S/C16H17N3O6/c20-7-11(23)4-10(22)6-19-13-5-9(21)2-1-8(13)3-12-14(19)17-16(25)18-15(12)24/h1-3,5,10-11,20,22-23H,4,6-7H2,(H2,17,18,24,25)/t10?,11-/m1/s1.